The Labute approximate surface area is 121 Å². The lowest BCUT2D eigenvalue weighted by atomic mass is 10.1. The van der Waals surface area contributed by atoms with E-state index >= 15 is 0 Å². The molecule has 1 aromatic heterocycles. The molecule has 3 nitrogen and oxygen atoms in total. The number of nitrogens with zero attached hydrogens (tertiary/aromatic N) is 2. The lowest BCUT2D eigenvalue weighted by molar-refractivity contribution is 0.181. The van der Waals surface area contributed by atoms with E-state index in [1.807, 2.05) is 0 Å². The van der Waals surface area contributed by atoms with E-state index in [2.05, 4.69) is 37.8 Å². The SMILES string of the molecule is CCCc1cc(CCl)cc(N(CC)C(C)COC)n1. The Morgan fingerprint density at radius 2 is 2.11 bits per heavy atom. The standard InChI is InChI=1S/C15H25ClN2O/c1-5-7-14-8-13(10-16)9-15(17-14)18(6-2)12(3)11-19-4/h8-9,12H,5-7,10-11H2,1-4H3. The van der Waals surface area contributed by atoms with Crippen LogP contribution in [0.15, 0.2) is 12.1 Å². The van der Waals surface area contributed by atoms with Gasteiger partial charge in [0.05, 0.1) is 12.6 Å². The summed E-state index contributed by atoms with van der Waals surface area (Å²) in [5.41, 5.74) is 2.26. The summed E-state index contributed by atoms with van der Waals surface area (Å²) in [4.78, 5) is 7.02. The topological polar surface area (TPSA) is 25.4 Å². The van der Waals surface area contributed by atoms with E-state index in [4.69, 9.17) is 21.3 Å². The van der Waals surface area contributed by atoms with Gasteiger partial charge in [-0.1, -0.05) is 13.3 Å². The van der Waals surface area contributed by atoms with Crippen LogP contribution < -0.4 is 4.90 Å². The van der Waals surface area contributed by atoms with Gasteiger partial charge in [-0.25, -0.2) is 4.98 Å². The van der Waals surface area contributed by atoms with E-state index in [0.717, 1.165) is 36.5 Å². The smallest absolute Gasteiger partial charge is 0.129 e. The molecule has 1 aromatic rings. The summed E-state index contributed by atoms with van der Waals surface area (Å²) in [6.07, 6.45) is 2.09. The summed E-state index contributed by atoms with van der Waals surface area (Å²) in [6.45, 7) is 8.07. The molecule has 1 heterocycles. The second kappa shape index (κ2) is 8.39. The van der Waals surface area contributed by atoms with Crippen molar-refractivity contribution < 1.29 is 4.74 Å². The molecule has 1 unspecified atom stereocenters. The number of pyridine rings is 1. The zero-order valence-electron chi connectivity index (χ0n) is 12.4. The highest BCUT2D eigenvalue weighted by molar-refractivity contribution is 6.17. The Balaban J connectivity index is 3.04. The van der Waals surface area contributed by atoms with Gasteiger partial charge in [-0.05, 0) is 38.0 Å². The van der Waals surface area contributed by atoms with Gasteiger partial charge >= 0.3 is 0 Å². The Morgan fingerprint density at radius 1 is 1.37 bits per heavy atom. The number of methoxy groups -OCH3 is 1. The van der Waals surface area contributed by atoms with E-state index < -0.39 is 0 Å². The largest absolute Gasteiger partial charge is 0.383 e. The Bertz CT molecular complexity index is 384. The molecule has 0 amide bonds. The Hall–Kier alpha value is -0.800. The molecular weight excluding hydrogens is 260 g/mol. The lowest BCUT2D eigenvalue weighted by Gasteiger charge is -2.29. The van der Waals surface area contributed by atoms with Crippen molar-refractivity contribution in [1.29, 1.82) is 0 Å². The first-order chi connectivity index (χ1) is 9.15. The highest BCUT2D eigenvalue weighted by Crippen LogP contribution is 2.19. The summed E-state index contributed by atoms with van der Waals surface area (Å²) >= 11 is 5.99. The number of likely N-dealkylation sites (N-methyl/N-ethyl adjacent to an activating group) is 1. The van der Waals surface area contributed by atoms with Crippen LogP contribution in [0.25, 0.3) is 0 Å². The van der Waals surface area contributed by atoms with Gasteiger partial charge in [0, 0.05) is 25.2 Å². The average molecular weight is 285 g/mol. The lowest BCUT2D eigenvalue weighted by Crippen LogP contribution is -2.36. The molecule has 1 rings (SSSR count). The molecule has 0 bridgehead atoms. The molecule has 4 heteroatoms. The number of alkyl halides is 1. The third kappa shape index (κ3) is 4.66. The van der Waals surface area contributed by atoms with Crippen molar-refractivity contribution in [2.75, 3.05) is 25.2 Å². The second-order valence-corrected chi connectivity index (χ2v) is 5.07. The van der Waals surface area contributed by atoms with Crippen LogP contribution in [0.1, 0.15) is 38.4 Å². The molecule has 1 atom stereocenters. The van der Waals surface area contributed by atoms with E-state index in [9.17, 15) is 0 Å². The molecule has 108 valence electrons. The zero-order valence-corrected chi connectivity index (χ0v) is 13.2. The molecule has 0 saturated carbocycles. The predicted molar refractivity (Wildman–Crippen MR) is 82.1 cm³/mol. The van der Waals surface area contributed by atoms with Gasteiger partial charge in [-0.2, -0.15) is 0 Å². The maximum atomic E-state index is 5.99. The van der Waals surface area contributed by atoms with Crippen LogP contribution in [0.3, 0.4) is 0 Å². The monoisotopic (exact) mass is 284 g/mol. The van der Waals surface area contributed by atoms with Crippen molar-refractivity contribution in [3.05, 3.63) is 23.4 Å². The minimum atomic E-state index is 0.308. The van der Waals surface area contributed by atoms with Crippen LogP contribution >= 0.6 is 11.6 Å². The predicted octanol–water partition coefficient (Wildman–Crippen LogP) is 3.63. The van der Waals surface area contributed by atoms with E-state index in [1.165, 1.54) is 0 Å². The zero-order chi connectivity index (χ0) is 14.3. The highest BCUT2D eigenvalue weighted by atomic mass is 35.5. The number of hydrogen-bond donors (Lipinski definition) is 0. The first-order valence-corrected chi connectivity index (χ1v) is 7.51. The molecule has 0 aliphatic carbocycles. The molecule has 0 aliphatic rings. The minimum Gasteiger partial charge on any atom is -0.383 e. The fourth-order valence-electron chi connectivity index (χ4n) is 2.27. The number of aromatic nitrogens is 1. The van der Waals surface area contributed by atoms with E-state index in [0.29, 0.717) is 18.5 Å². The number of aryl methyl sites for hydroxylation is 1. The molecule has 0 spiro atoms. The summed E-state index contributed by atoms with van der Waals surface area (Å²) in [5, 5.41) is 0. The molecule has 0 saturated heterocycles. The number of ether oxygens (including phenoxy) is 1. The summed E-state index contributed by atoms with van der Waals surface area (Å²) in [5.74, 6) is 1.54. The highest BCUT2D eigenvalue weighted by Gasteiger charge is 2.15. The third-order valence-electron chi connectivity index (χ3n) is 3.16. The third-order valence-corrected chi connectivity index (χ3v) is 3.47. The molecule has 19 heavy (non-hydrogen) atoms. The van der Waals surface area contributed by atoms with Gasteiger partial charge in [0.1, 0.15) is 5.82 Å². The number of anilines is 1. The Kier molecular flexibility index (Phi) is 7.17. The number of hydrogen-bond acceptors (Lipinski definition) is 3. The quantitative estimate of drug-likeness (QED) is 0.682. The van der Waals surface area contributed by atoms with Crippen LogP contribution in [0.4, 0.5) is 5.82 Å². The number of rotatable bonds is 8. The summed E-state index contributed by atoms with van der Waals surface area (Å²) < 4.78 is 5.25. The molecule has 0 radical (unpaired) electrons. The average Bonchev–Trinajstić information content (AvgIpc) is 2.40. The minimum absolute atomic E-state index is 0.308. The maximum Gasteiger partial charge on any atom is 0.129 e. The molecule has 0 N–H and O–H groups in total. The van der Waals surface area contributed by atoms with Crippen LogP contribution in [0.5, 0.6) is 0 Å². The Morgan fingerprint density at radius 3 is 2.63 bits per heavy atom. The van der Waals surface area contributed by atoms with Crippen molar-refractivity contribution in [3.8, 4) is 0 Å². The summed E-state index contributed by atoms with van der Waals surface area (Å²) in [6, 6.07) is 4.50. The fraction of sp³-hybridized carbons (Fsp3) is 0.667. The van der Waals surface area contributed by atoms with Gasteiger partial charge in [-0.15, -0.1) is 11.6 Å². The normalized spacial score (nSPS) is 12.5. The van der Waals surface area contributed by atoms with Crippen molar-refractivity contribution in [2.45, 2.75) is 45.5 Å². The van der Waals surface area contributed by atoms with Gasteiger partial charge in [0.15, 0.2) is 0 Å². The van der Waals surface area contributed by atoms with Crippen molar-refractivity contribution in [2.24, 2.45) is 0 Å². The summed E-state index contributed by atoms with van der Waals surface area (Å²) in [7, 11) is 1.73. The van der Waals surface area contributed by atoms with Crippen LogP contribution in [-0.4, -0.2) is 31.3 Å². The van der Waals surface area contributed by atoms with Gasteiger partial charge in [-0.3, -0.25) is 0 Å². The molecule has 0 aromatic carbocycles. The second-order valence-electron chi connectivity index (χ2n) is 4.80. The molecule has 0 aliphatic heterocycles. The molecular formula is C15H25ClN2O. The van der Waals surface area contributed by atoms with Gasteiger partial charge < -0.3 is 9.64 Å². The van der Waals surface area contributed by atoms with E-state index in [-0.39, 0.29) is 0 Å². The van der Waals surface area contributed by atoms with Crippen LogP contribution in [0.2, 0.25) is 0 Å². The van der Waals surface area contributed by atoms with Crippen LogP contribution in [-0.2, 0) is 17.0 Å². The van der Waals surface area contributed by atoms with Gasteiger partial charge in [0.2, 0.25) is 0 Å². The first kappa shape index (κ1) is 16.3. The fourth-order valence-corrected chi connectivity index (χ4v) is 2.43. The van der Waals surface area contributed by atoms with Crippen molar-refractivity contribution >= 4 is 17.4 Å². The van der Waals surface area contributed by atoms with Crippen molar-refractivity contribution in [3.63, 3.8) is 0 Å². The molecule has 0 fully saturated rings. The van der Waals surface area contributed by atoms with Crippen LogP contribution in [0, 0.1) is 0 Å². The van der Waals surface area contributed by atoms with Crippen molar-refractivity contribution in [1.82, 2.24) is 4.98 Å². The van der Waals surface area contributed by atoms with E-state index in [1.54, 1.807) is 7.11 Å². The van der Waals surface area contributed by atoms with Gasteiger partial charge in [0.25, 0.3) is 0 Å². The first-order valence-electron chi connectivity index (χ1n) is 6.97. The maximum absolute atomic E-state index is 5.99. The number of halogens is 1.